The van der Waals surface area contributed by atoms with E-state index in [-0.39, 0.29) is 18.3 Å². The van der Waals surface area contributed by atoms with Crippen molar-refractivity contribution in [3.8, 4) is 0 Å². The standard InChI is InChI=1S/C14H13FN2O/c1-10-4-2-7-13(17-10)14(18)16-9-11-5-3-6-12(15)8-11/h2-8H,9H2,1H3,(H,16,18). The van der Waals surface area contributed by atoms with Crippen molar-refractivity contribution in [3.05, 3.63) is 65.2 Å². The number of aromatic nitrogens is 1. The first kappa shape index (κ1) is 12.2. The molecule has 0 spiro atoms. The zero-order valence-electron chi connectivity index (χ0n) is 9.98. The molecule has 1 N–H and O–H groups in total. The van der Waals surface area contributed by atoms with Crippen LogP contribution >= 0.6 is 0 Å². The molecular weight excluding hydrogens is 231 g/mol. The van der Waals surface area contributed by atoms with Gasteiger partial charge in [0.1, 0.15) is 11.5 Å². The summed E-state index contributed by atoms with van der Waals surface area (Å²) < 4.78 is 12.9. The van der Waals surface area contributed by atoms with Crippen LogP contribution in [0.5, 0.6) is 0 Å². The second kappa shape index (κ2) is 5.40. The van der Waals surface area contributed by atoms with E-state index < -0.39 is 0 Å². The predicted octanol–water partition coefficient (Wildman–Crippen LogP) is 2.46. The Bertz CT molecular complexity index is 569. The molecule has 0 aliphatic rings. The second-order valence-electron chi connectivity index (χ2n) is 3.98. The zero-order valence-corrected chi connectivity index (χ0v) is 9.98. The van der Waals surface area contributed by atoms with Crippen LogP contribution in [-0.2, 0) is 6.54 Å². The Hall–Kier alpha value is -2.23. The first-order valence-corrected chi connectivity index (χ1v) is 5.61. The quantitative estimate of drug-likeness (QED) is 0.901. The van der Waals surface area contributed by atoms with E-state index in [1.54, 1.807) is 24.3 Å². The number of rotatable bonds is 3. The Balaban J connectivity index is 2.00. The highest BCUT2D eigenvalue weighted by Crippen LogP contribution is 2.04. The van der Waals surface area contributed by atoms with E-state index in [2.05, 4.69) is 10.3 Å². The number of hydrogen-bond acceptors (Lipinski definition) is 2. The first-order valence-electron chi connectivity index (χ1n) is 5.61. The van der Waals surface area contributed by atoms with Crippen LogP contribution in [0.1, 0.15) is 21.7 Å². The molecule has 1 heterocycles. The molecule has 0 saturated heterocycles. The van der Waals surface area contributed by atoms with Crippen LogP contribution in [0.15, 0.2) is 42.5 Å². The van der Waals surface area contributed by atoms with Crippen molar-refractivity contribution in [1.82, 2.24) is 10.3 Å². The lowest BCUT2D eigenvalue weighted by atomic mass is 10.2. The van der Waals surface area contributed by atoms with E-state index in [0.717, 1.165) is 11.3 Å². The lowest BCUT2D eigenvalue weighted by molar-refractivity contribution is 0.0945. The Morgan fingerprint density at radius 3 is 2.78 bits per heavy atom. The van der Waals surface area contributed by atoms with Gasteiger partial charge in [0, 0.05) is 12.2 Å². The molecule has 2 rings (SSSR count). The normalized spacial score (nSPS) is 10.1. The minimum atomic E-state index is -0.310. The number of carbonyl (C=O) groups is 1. The monoisotopic (exact) mass is 244 g/mol. The van der Waals surface area contributed by atoms with Crippen LogP contribution in [-0.4, -0.2) is 10.9 Å². The molecule has 2 aromatic rings. The van der Waals surface area contributed by atoms with Crippen LogP contribution in [0.4, 0.5) is 4.39 Å². The van der Waals surface area contributed by atoms with Crippen LogP contribution in [0.2, 0.25) is 0 Å². The van der Waals surface area contributed by atoms with Crippen LogP contribution in [0.3, 0.4) is 0 Å². The summed E-state index contributed by atoms with van der Waals surface area (Å²) in [6, 6.07) is 11.4. The first-order chi connectivity index (χ1) is 8.65. The minimum Gasteiger partial charge on any atom is -0.347 e. The number of nitrogens with zero attached hydrogens (tertiary/aromatic N) is 1. The summed E-state index contributed by atoms with van der Waals surface area (Å²) >= 11 is 0. The lowest BCUT2D eigenvalue weighted by Crippen LogP contribution is -2.23. The highest BCUT2D eigenvalue weighted by molar-refractivity contribution is 5.92. The molecule has 0 fully saturated rings. The molecule has 0 radical (unpaired) electrons. The number of pyridine rings is 1. The summed E-state index contributed by atoms with van der Waals surface area (Å²) in [6.45, 7) is 2.11. The van der Waals surface area contributed by atoms with Crippen molar-refractivity contribution in [2.75, 3.05) is 0 Å². The second-order valence-corrected chi connectivity index (χ2v) is 3.98. The predicted molar refractivity (Wildman–Crippen MR) is 66.5 cm³/mol. The maximum atomic E-state index is 12.9. The average molecular weight is 244 g/mol. The van der Waals surface area contributed by atoms with Gasteiger partial charge in [-0.25, -0.2) is 9.37 Å². The highest BCUT2D eigenvalue weighted by Gasteiger charge is 2.06. The van der Waals surface area contributed by atoms with Crippen molar-refractivity contribution in [2.45, 2.75) is 13.5 Å². The number of halogens is 1. The van der Waals surface area contributed by atoms with Gasteiger partial charge in [0.25, 0.3) is 5.91 Å². The molecule has 1 aromatic carbocycles. The Morgan fingerprint density at radius 1 is 1.28 bits per heavy atom. The van der Waals surface area contributed by atoms with E-state index in [9.17, 15) is 9.18 Å². The molecule has 0 saturated carbocycles. The van der Waals surface area contributed by atoms with E-state index in [1.807, 2.05) is 13.0 Å². The molecule has 3 nitrogen and oxygen atoms in total. The Kier molecular flexibility index (Phi) is 3.67. The molecule has 1 aromatic heterocycles. The summed E-state index contributed by atoms with van der Waals surface area (Å²) in [5.41, 5.74) is 1.87. The molecule has 0 unspecified atom stereocenters. The Labute approximate surface area is 105 Å². The van der Waals surface area contributed by atoms with Crippen molar-refractivity contribution < 1.29 is 9.18 Å². The van der Waals surface area contributed by atoms with E-state index in [4.69, 9.17) is 0 Å². The number of hydrogen-bond donors (Lipinski definition) is 1. The summed E-state index contributed by atoms with van der Waals surface area (Å²) in [5, 5.41) is 2.70. The fourth-order valence-electron chi connectivity index (χ4n) is 1.59. The average Bonchev–Trinajstić information content (AvgIpc) is 2.36. The van der Waals surface area contributed by atoms with E-state index >= 15 is 0 Å². The van der Waals surface area contributed by atoms with Gasteiger partial charge < -0.3 is 5.32 Å². The van der Waals surface area contributed by atoms with Gasteiger partial charge in [-0.15, -0.1) is 0 Å². The minimum absolute atomic E-state index is 0.261. The van der Waals surface area contributed by atoms with E-state index in [0.29, 0.717) is 5.69 Å². The Morgan fingerprint density at radius 2 is 2.06 bits per heavy atom. The van der Waals surface area contributed by atoms with Gasteiger partial charge >= 0.3 is 0 Å². The third-order valence-electron chi connectivity index (χ3n) is 2.46. The summed E-state index contributed by atoms with van der Waals surface area (Å²) in [6.07, 6.45) is 0. The maximum Gasteiger partial charge on any atom is 0.270 e. The lowest BCUT2D eigenvalue weighted by Gasteiger charge is -2.05. The van der Waals surface area contributed by atoms with Crippen LogP contribution in [0, 0.1) is 12.7 Å². The van der Waals surface area contributed by atoms with Gasteiger partial charge in [-0.2, -0.15) is 0 Å². The molecule has 0 aliphatic heterocycles. The van der Waals surface area contributed by atoms with Gasteiger partial charge in [0.15, 0.2) is 0 Å². The topological polar surface area (TPSA) is 42.0 Å². The molecule has 4 heteroatoms. The van der Waals surface area contributed by atoms with E-state index in [1.165, 1.54) is 12.1 Å². The van der Waals surface area contributed by atoms with Gasteiger partial charge in [0.05, 0.1) is 0 Å². The number of nitrogens with one attached hydrogen (secondary N) is 1. The highest BCUT2D eigenvalue weighted by atomic mass is 19.1. The van der Waals surface area contributed by atoms with Crippen molar-refractivity contribution in [2.24, 2.45) is 0 Å². The fraction of sp³-hybridized carbons (Fsp3) is 0.143. The molecule has 0 bridgehead atoms. The molecule has 18 heavy (non-hydrogen) atoms. The SMILES string of the molecule is Cc1cccc(C(=O)NCc2cccc(F)c2)n1. The summed E-state index contributed by atoms with van der Waals surface area (Å²) in [4.78, 5) is 15.9. The van der Waals surface area contributed by atoms with Crippen molar-refractivity contribution in [1.29, 1.82) is 0 Å². The van der Waals surface area contributed by atoms with Gasteiger partial charge in [-0.05, 0) is 36.8 Å². The zero-order chi connectivity index (χ0) is 13.0. The van der Waals surface area contributed by atoms with Crippen molar-refractivity contribution >= 4 is 5.91 Å². The van der Waals surface area contributed by atoms with Crippen LogP contribution in [0.25, 0.3) is 0 Å². The fourth-order valence-corrected chi connectivity index (χ4v) is 1.59. The third-order valence-corrected chi connectivity index (χ3v) is 2.46. The molecular formula is C14H13FN2O. The largest absolute Gasteiger partial charge is 0.347 e. The smallest absolute Gasteiger partial charge is 0.270 e. The van der Waals surface area contributed by atoms with Gasteiger partial charge in [-0.1, -0.05) is 18.2 Å². The van der Waals surface area contributed by atoms with Crippen molar-refractivity contribution in [3.63, 3.8) is 0 Å². The number of amides is 1. The maximum absolute atomic E-state index is 12.9. The number of carbonyl (C=O) groups excluding carboxylic acids is 1. The van der Waals surface area contributed by atoms with Gasteiger partial charge in [-0.3, -0.25) is 4.79 Å². The molecule has 0 atom stereocenters. The third kappa shape index (κ3) is 3.13. The molecule has 92 valence electrons. The van der Waals surface area contributed by atoms with Gasteiger partial charge in [0.2, 0.25) is 0 Å². The summed E-state index contributed by atoms with van der Waals surface area (Å²) in [7, 11) is 0. The number of aryl methyl sites for hydroxylation is 1. The summed E-state index contributed by atoms with van der Waals surface area (Å²) in [5.74, 6) is -0.571. The molecule has 1 amide bonds. The number of benzene rings is 1. The molecule has 0 aliphatic carbocycles. The van der Waals surface area contributed by atoms with Crippen LogP contribution < -0.4 is 5.32 Å².